The molecule has 1 aliphatic heterocycles. The molecule has 2 rings (SSSR count). The molecule has 0 spiro atoms. The summed E-state index contributed by atoms with van der Waals surface area (Å²) in [4.78, 5) is 14.0. The SMILES string of the molecule is CCN(CC1CCOC1)C(=O)COc1ccc(N)cc1. The highest BCUT2D eigenvalue weighted by Crippen LogP contribution is 2.15. The average molecular weight is 278 g/mol. The Hall–Kier alpha value is -1.75. The lowest BCUT2D eigenvalue weighted by Gasteiger charge is -2.23. The minimum Gasteiger partial charge on any atom is -0.484 e. The van der Waals surface area contributed by atoms with Crippen molar-refractivity contribution in [3.63, 3.8) is 0 Å². The van der Waals surface area contributed by atoms with Gasteiger partial charge in [-0.2, -0.15) is 0 Å². The van der Waals surface area contributed by atoms with Crippen molar-refractivity contribution in [2.75, 3.05) is 38.6 Å². The van der Waals surface area contributed by atoms with Crippen LogP contribution in [-0.4, -0.2) is 43.7 Å². The third kappa shape index (κ3) is 4.13. The zero-order valence-corrected chi connectivity index (χ0v) is 11.9. The second kappa shape index (κ2) is 7.14. The molecule has 1 amide bonds. The molecule has 1 unspecified atom stereocenters. The van der Waals surface area contributed by atoms with E-state index in [2.05, 4.69) is 0 Å². The fourth-order valence-electron chi connectivity index (χ4n) is 2.25. The number of nitrogens with zero attached hydrogens (tertiary/aromatic N) is 1. The van der Waals surface area contributed by atoms with Gasteiger partial charge in [-0.25, -0.2) is 0 Å². The Morgan fingerprint density at radius 2 is 2.20 bits per heavy atom. The van der Waals surface area contributed by atoms with Gasteiger partial charge < -0.3 is 20.1 Å². The highest BCUT2D eigenvalue weighted by molar-refractivity contribution is 5.77. The van der Waals surface area contributed by atoms with Gasteiger partial charge >= 0.3 is 0 Å². The minimum absolute atomic E-state index is 0.0104. The number of carbonyl (C=O) groups is 1. The third-order valence-corrected chi connectivity index (χ3v) is 3.48. The fraction of sp³-hybridized carbons (Fsp3) is 0.533. The maximum absolute atomic E-state index is 12.1. The van der Waals surface area contributed by atoms with Crippen molar-refractivity contribution < 1.29 is 14.3 Å². The largest absolute Gasteiger partial charge is 0.484 e. The van der Waals surface area contributed by atoms with E-state index in [1.54, 1.807) is 24.3 Å². The summed E-state index contributed by atoms with van der Waals surface area (Å²) >= 11 is 0. The van der Waals surface area contributed by atoms with E-state index in [1.165, 1.54) is 0 Å². The van der Waals surface area contributed by atoms with Crippen molar-refractivity contribution in [1.82, 2.24) is 4.90 Å². The van der Waals surface area contributed by atoms with Crippen molar-refractivity contribution in [3.8, 4) is 5.75 Å². The molecule has 1 saturated heterocycles. The molecule has 1 fully saturated rings. The second-order valence-corrected chi connectivity index (χ2v) is 5.02. The van der Waals surface area contributed by atoms with Crippen LogP contribution in [0.2, 0.25) is 0 Å². The molecule has 1 aromatic carbocycles. The lowest BCUT2D eigenvalue weighted by atomic mass is 10.1. The van der Waals surface area contributed by atoms with Crippen molar-refractivity contribution in [2.45, 2.75) is 13.3 Å². The van der Waals surface area contributed by atoms with Gasteiger partial charge in [0.2, 0.25) is 0 Å². The summed E-state index contributed by atoms with van der Waals surface area (Å²) in [6, 6.07) is 7.05. The van der Waals surface area contributed by atoms with Crippen LogP contribution in [0.4, 0.5) is 5.69 Å². The summed E-state index contributed by atoms with van der Waals surface area (Å²) in [6.07, 6.45) is 1.03. The predicted octanol–water partition coefficient (Wildman–Crippen LogP) is 1.53. The van der Waals surface area contributed by atoms with Crippen LogP contribution in [0, 0.1) is 5.92 Å². The molecule has 5 heteroatoms. The zero-order valence-electron chi connectivity index (χ0n) is 11.9. The van der Waals surface area contributed by atoms with Gasteiger partial charge in [0, 0.05) is 31.3 Å². The van der Waals surface area contributed by atoms with Gasteiger partial charge in [0.05, 0.1) is 6.61 Å². The number of ether oxygens (including phenoxy) is 2. The summed E-state index contributed by atoms with van der Waals surface area (Å²) in [5.41, 5.74) is 6.28. The summed E-state index contributed by atoms with van der Waals surface area (Å²) < 4.78 is 10.8. The van der Waals surface area contributed by atoms with Crippen molar-refractivity contribution in [2.24, 2.45) is 5.92 Å². The van der Waals surface area contributed by atoms with Crippen LogP contribution in [-0.2, 0) is 9.53 Å². The van der Waals surface area contributed by atoms with E-state index in [1.807, 2.05) is 11.8 Å². The molecule has 0 bridgehead atoms. The number of anilines is 1. The highest BCUT2D eigenvalue weighted by atomic mass is 16.5. The van der Waals surface area contributed by atoms with Gasteiger partial charge in [-0.05, 0) is 37.6 Å². The zero-order chi connectivity index (χ0) is 14.4. The Morgan fingerprint density at radius 3 is 2.80 bits per heavy atom. The van der Waals surface area contributed by atoms with Gasteiger partial charge in [0.1, 0.15) is 5.75 Å². The summed E-state index contributed by atoms with van der Waals surface area (Å²) in [5.74, 6) is 1.12. The standard InChI is InChI=1S/C15H22N2O3/c1-2-17(9-12-7-8-19-10-12)15(18)11-20-14-5-3-13(16)4-6-14/h3-6,12H,2,7-11,16H2,1H3. The first-order valence-corrected chi connectivity index (χ1v) is 7.03. The van der Waals surface area contributed by atoms with E-state index in [4.69, 9.17) is 15.2 Å². The Bertz CT molecular complexity index is 427. The van der Waals surface area contributed by atoms with E-state index in [9.17, 15) is 4.79 Å². The first kappa shape index (κ1) is 14.7. The van der Waals surface area contributed by atoms with Crippen LogP contribution in [0.25, 0.3) is 0 Å². The molecule has 1 atom stereocenters. The van der Waals surface area contributed by atoms with Gasteiger partial charge in [-0.15, -0.1) is 0 Å². The van der Waals surface area contributed by atoms with Gasteiger partial charge in [-0.1, -0.05) is 0 Å². The maximum atomic E-state index is 12.1. The van der Waals surface area contributed by atoms with E-state index in [0.717, 1.165) is 26.2 Å². The van der Waals surface area contributed by atoms with Crippen molar-refractivity contribution in [1.29, 1.82) is 0 Å². The normalized spacial score (nSPS) is 17.9. The Morgan fingerprint density at radius 1 is 1.45 bits per heavy atom. The maximum Gasteiger partial charge on any atom is 0.260 e. The van der Waals surface area contributed by atoms with E-state index in [-0.39, 0.29) is 12.5 Å². The van der Waals surface area contributed by atoms with Crippen LogP contribution in [0.1, 0.15) is 13.3 Å². The molecular weight excluding hydrogens is 256 g/mol. The summed E-state index contributed by atoms with van der Waals surface area (Å²) in [7, 11) is 0. The molecular formula is C15H22N2O3. The lowest BCUT2D eigenvalue weighted by Crippen LogP contribution is -2.38. The molecule has 1 aromatic rings. The Kier molecular flexibility index (Phi) is 5.24. The van der Waals surface area contributed by atoms with Crippen LogP contribution in [0.15, 0.2) is 24.3 Å². The van der Waals surface area contributed by atoms with Crippen LogP contribution < -0.4 is 10.5 Å². The van der Waals surface area contributed by atoms with Crippen molar-refractivity contribution in [3.05, 3.63) is 24.3 Å². The number of carbonyl (C=O) groups excluding carboxylic acids is 1. The van der Waals surface area contributed by atoms with E-state index < -0.39 is 0 Å². The Labute approximate surface area is 119 Å². The molecule has 0 aliphatic carbocycles. The van der Waals surface area contributed by atoms with Crippen LogP contribution in [0.5, 0.6) is 5.75 Å². The summed E-state index contributed by atoms with van der Waals surface area (Å²) in [6.45, 7) is 5.05. The van der Waals surface area contributed by atoms with Crippen LogP contribution in [0.3, 0.4) is 0 Å². The van der Waals surface area contributed by atoms with Crippen LogP contribution >= 0.6 is 0 Å². The number of rotatable bonds is 6. The number of nitrogens with two attached hydrogens (primary N) is 1. The van der Waals surface area contributed by atoms with Gasteiger partial charge in [-0.3, -0.25) is 4.79 Å². The smallest absolute Gasteiger partial charge is 0.260 e. The average Bonchev–Trinajstić information content (AvgIpc) is 2.97. The Balaban J connectivity index is 1.80. The number of hydrogen-bond acceptors (Lipinski definition) is 4. The fourth-order valence-corrected chi connectivity index (χ4v) is 2.25. The topological polar surface area (TPSA) is 64.8 Å². The second-order valence-electron chi connectivity index (χ2n) is 5.02. The quantitative estimate of drug-likeness (QED) is 0.802. The number of likely N-dealkylation sites (N-methyl/N-ethyl adjacent to an activating group) is 1. The molecule has 0 saturated carbocycles. The molecule has 20 heavy (non-hydrogen) atoms. The number of nitrogen functional groups attached to an aromatic ring is 1. The highest BCUT2D eigenvalue weighted by Gasteiger charge is 2.21. The third-order valence-electron chi connectivity index (χ3n) is 3.48. The molecule has 0 radical (unpaired) electrons. The monoisotopic (exact) mass is 278 g/mol. The number of benzene rings is 1. The molecule has 1 aliphatic rings. The molecule has 0 aromatic heterocycles. The van der Waals surface area contributed by atoms with Gasteiger partial charge in [0.25, 0.3) is 5.91 Å². The number of hydrogen-bond donors (Lipinski definition) is 1. The van der Waals surface area contributed by atoms with Gasteiger partial charge in [0.15, 0.2) is 6.61 Å². The molecule has 2 N–H and O–H groups in total. The van der Waals surface area contributed by atoms with Crippen molar-refractivity contribution >= 4 is 11.6 Å². The molecule has 1 heterocycles. The molecule has 110 valence electrons. The predicted molar refractivity (Wildman–Crippen MR) is 77.5 cm³/mol. The lowest BCUT2D eigenvalue weighted by molar-refractivity contribution is -0.133. The number of amides is 1. The molecule has 5 nitrogen and oxygen atoms in total. The van der Waals surface area contributed by atoms with E-state index >= 15 is 0 Å². The van der Waals surface area contributed by atoms with E-state index in [0.29, 0.717) is 23.9 Å². The first-order valence-electron chi connectivity index (χ1n) is 7.03. The first-order chi connectivity index (χ1) is 9.69. The minimum atomic E-state index is 0.0104. The summed E-state index contributed by atoms with van der Waals surface area (Å²) in [5, 5.41) is 0.